The maximum absolute atomic E-state index is 11.8. The van der Waals surface area contributed by atoms with Crippen molar-refractivity contribution in [3.05, 3.63) is 29.8 Å². The second-order valence-electron chi connectivity index (χ2n) is 8.67. The van der Waals surface area contributed by atoms with Crippen LogP contribution in [0.25, 0.3) is 0 Å². The highest BCUT2D eigenvalue weighted by Crippen LogP contribution is 2.11. The van der Waals surface area contributed by atoms with Crippen molar-refractivity contribution in [1.82, 2.24) is 20.9 Å². The largest absolute Gasteiger partial charge is 0.374 e. The van der Waals surface area contributed by atoms with E-state index in [0.29, 0.717) is 12.5 Å². The fourth-order valence-electron chi connectivity index (χ4n) is 3.43. The van der Waals surface area contributed by atoms with Crippen LogP contribution in [0.4, 0.5) is 10.5 Å². The molecule has 9 heteroatoms. The third-order valence-corrected chi connectivity index (χ3v) is 4.74. The van der Waals surface area contributed by atoms with Crippen LogP contribution in [-0.2, 0) is 11.3 Å². The summed E-state index contributed by atoms with van der Waals surface area (Å²) in [7, 11) is 0. The third kappa shape index (κ3) is 11.3. The molecule has 1 saturated heterocycles. The van der Waals surface area contributed by atoms with Crippen LogP contribution in [0.5, 0.6) is 0 Å². The maximum Gasteiger partial charge on any atom is 0.319 e. The van der Waals surface area contributed by atoms with Gasteiger partial charge in [0.15, 0.2) is 5.96 Å². The molecule has 2 rings (SSSR count). The fraction of sp³-hybridized carbons (Fsp3) is 0.652. The summed E-state index contributed by atoms with van der Waals surface area (Å²) < 4.78 is 5.92. The SMILES string of the molecule is CCNC(=NCc1ccc(NC(=O)NC(C)C)cc1)NCC1CN(CC(C)C)CCO1.I. The number of benzene rings is 1. The van der Waals surface area contributed by atoms with Crippen LogP contribution in [0.2, 0.25) is 0 Å². The predicted molar refractivity (Wildman–Crippen MR) is 143 cm³/mol. The van der Waals surface area contributed by atoms with Crippen LogP contribution in [-0.4, -0.2) is 68.4 Å². The topological polar surface area (TPSA) is 90.0 Å². The van der Waals surface area contributed by atoms with Gasteiger partial charge in [-0.15, -0.1) is 24.0 Å². The van der Waals surface area contributed by atoms with Gasteiger partial charge in [0.1, 0.15) is 0 Å². The lowest BCUT2D eigenvalue weighted by molar-refractivity contribution is -0.0284. The molecule has 0 radical (unpaired) electrons. The lowest BCUT2D eigenvalue weighted by Crippen LogP contribution is -2.50. The molecule has 1 aliphatic heterocycles. The van der Waals surface area contributed by atoms with E-state index in [-0.39, 0.29) is 42.2 Å². The van der Waals surface area contributed by atoms with Gasteiger partial charge < -0.3 is 26.0 Å². The minimum atomic E-state index is -0.198. The van der Waals surface area contributed by atoms with Gasteiger partial charge in [0.2, 0.25) is 0 Å². The molecule has 182 valence electrons. The number of morpholine rings is 1. The second kappa shape index (κ2) is 15.3. The van der Waals surface area contributed by atoms with Crippen LogP contribution in [0.3, 0.4) is 0 Å². The smallest absolute Gasteiger partial charge is 0.319 e. The molecule has 1 aromatic rings. The fourth-order valence-corrected chi connectivity index (χ4v) is 3.43. The highest BCUT2D eigenvalue weighted by atomic mass is 127. The van der Waals surface area contributed by atoms with Gasteiger partial charge >= 0.3 is 6.03 Å². The van der Waals surface area contributed by atoms with Crippen molar-refractivity contribution >= 4 is 41.7 Å². The number of nitrogens with one attached hydrogen (secondary N) is 4. The average molecular weight is 561 g/mol. The van der Waals surface area contributed by atoms with E-state index >= 15 is 0 Å². The van der Waals surface area contributed by atoms with Gasteiger partial charge in [-0.2, -0.15) is 0 Å². The number of hydrogen-bond donors (Lipinski definition) is 4. The van der Waals surface area contributed by atoms with E-state index in [2.05, 4.69) is 46.9 Å². The first kappa shape index (κ1) is 28.4. The summed E-state index contributed by atoms with van der Waals surface area (Å²) in [6.45, 7) is 16.3. The Hall–Kier alpha value is -1.59. The zero-order chi connectivity index (χ0) is 22.6. The number of ether oxygens (including phenoxy) is 1. The average Bonchev–Trinajstić information content (AvgIpc) is 2.70. The number of carbonyl (C=O) groups is 1. The number of carbonyl (C=O) groups excluding carboxylic acids is 1. The number of halogens is 1. The Morgan fingerprint density at radius 1 is 1.19 bits per heavy atom. The van der Waals surface area contributed by atoms with Crippen molar-refractivity contribution in [2.45, 2.75) is 53.3 Å². The Morgan fingerprint density at radius 2 is 1.91 bits per heavy atom. The predicted octanol–water partition coefficient (Wildman–Crippen LogP) is 3.25. The van der Waals surface area contributed by atoms with E-state index in [1.54, 1.807) is 0 Å². The molecule has 32 heavy (non-hydrogen) atoms. The normalized spacial score (nSPS) is 17.1. The molecule has 1 atom stereocenters. The Morgan fingerprint density at radius 3 is 2.53 bits per heavy atom. The van der Waals surface area contributed by atoms with Gasteiger partial charge in [0, 0.05) is 44.5 Å². The molecule has 0 aliphatic carbocycles. The molecule has 1 aliphatic rings. The molecule has 1 fully saturated rings. The molecule has 0 bridgehead atoms. The summed E-state index contributed by atoms with van der Waals surface area (Å²) in [6.07, 6.45) is 0.165. The van der Waals surface area contributed by atoms with Crippen molar-refractivity contribution < 1.29 is 9.53 Å². The van der Waals surface area contributed by atoms with E-state index in [1.807, 2.05) is 38.1 Å². The van der Waals surface area contributed by atoms with E-state index < -0.39 is 0 Å². The number of nitrogens with zero attached hydrogens (tertiary/aromatic N) is 2. The Labute approximate surface area is 210 Å². The minimum absolute atomic E-state index is 0. The summed E-state index contributed by atoms with van der Waals surface area (Å²) >= 11 is 0. The molecule has 0 aromatic heterocycles. The Bertz CT molecular complexity index is 696. The zero-order valence-electron chi connectivity index (χ0n) is 20.1. The number of aliphatic imine (C=N–C) groups is 1. The van der Waals surface area contributed by atoms with Crippen molar-refractivity contribution in [3.8, 4) is 0 Å². The van der Waals surface area contributed by atoms with Gasteiger partial charge in [-0.1, -0.05) is 26.0 Å². The zero-order valence-corrected chi connectivity index (χ0v) is 22.4. The highest BCUT2D eigenvalue weighted by Gasteiger charge is 2.21. The summed E-state index contributed by atoms with van der Waals surface area (Å²) in [4.78, 5) is 19.0. The number of anilines is 1. The van der Waals surface area contributed by atoms with Crippen molar-refractivity contribution in [2.75, 3.05) is 44.6 Å². The van der Waals surface area contributed by atoms with Crippen LogP contribution in [0.1, 0.15) is 40.2 Å². The van der Waals surface area contributed by atoms with E-state index in [9.17, 15) is 4.79 Å². The summed E-state index contributed by atoms with van der Waals surface area (Å²) in [5, 5.41) is 12.3. The number of rotatable bonds is 9. The van der Waals surface area contributed by atoms with Gasteiger partial charge in [0.05, 0.1) is 19.3 Å². The first-order chi connectivity index (χ1) is 14.9. The first-order valence-corrected chi connectivity index (χ1v) is 11.4. The summed E-state index contributed by atoms with van der Waals surface area (Å²) in [6, 6.07) is 7.64. The summed E-state index contributed by atoms with van der Waals surface area (Å²) in [5.74, 6) is 1.45. The number of guanidine groups is 1. The van der Waals surface area contributed by atoms with Crippen molar-refractivity contribution in [3.63, 3.8) is 0 Å². The van der Waals surface area contributed by atoms with Gasteiger partial charge in [0.25, 0.3) is 0 Å². The molecular formula is C23H41IN6O2. The standard InChI is InChI=1S/C23H40N6O2.HI/c1-6-24-22(26-14-21-16-29(11-12-31-21)15-17(2)3)25-13-19-7-9-20(10-8-19)28-23(30)27-18(4)5;/h7-10,17-18,21H,6,11-16H2,1-5H3,(H2,24,25,26)(H2,27,28,30);1H. The number of hydrogen-bond acceptors (Lipinski definition) is 4. The monoisotopic (exact) mass is 560 g/mol. The lowest BCUT2D eigenvalue weighted by Gasteiger charge is -2.34. The molecule has 0 spiro atoms. The Kier molecular flexibility index (Phi) is 13.6. The highest BCUT2D eigenvalue weighted by molar-refractivity contribution is 14.0. The van der Waals surface area contributed by atoms with Crippen LogP contribution < -0.4 is 21.3 Å². The van der Waals surface area contributed by atoms with Crippen LogP contribution >= 0.6 is 24.0 Å². The molecule has 4 N–H and O–H groups in total. The van der Waals surface area contributed by atoms with Gasteiger partial charge in [-0.3, -0.25) is 4.90 Å². The molecule has 2 amide bonds. The Balaban J connectivity index is 0.00000512. The molecule has 1 aromatic carbocycles. The molecule has 0 saturated carbocycles. The quantitative estimate of drug-likeness (QED) is 0.212. The molecule has 1 unspecified atom stereocenters. The molecule has 8 nitrogen and oxygen atoms in total. The van der Waals surface area contributed by atoms with E-state index in [4.69, 9.17) is 9.73 Å². The third-order valence-electron chi connectivity index (χ3n) is 4.74. The minimum Gasteiger partial charge on any atom is -0.374 e. The van der Waals surface area contributed by atoms with Crippen LogP contribution in [0.15, 0.2) is 29.3 Å². The van der Waals surface area contributed by atoms with Gasteiger partial charge in [-0.25, -0.2) is 9.79 Å². The van der Waals surface area contributed by atoms with E-state index in [0.717, 1.165) is 56.5 Å². The van der Waals surface area contributed by atoms with Crippen LogP contribution in [0, 0.1) is 5.92 Å². The van der Waals surface area contributed by atoms with Crippen molar-refractivity contribution in [2.24, 2.45) is 10.9 Å². The van der Waals surface area contributed by atoms with Crippen molar-refractivity contribution in [1.29, 1.82) is 0 Å². The van der Waals surface area contributed by atoms with E-state index in [1.165, 1.54) is 0 Å². The molecular weight excluding hydrogens is 519 g/mol. The number of amides is 2. The molecule has 1 heterocycles. The first-order valence-electron chi connectivity index (χ1n) is 11.4. The lowest BCUT2D eigenvalue weighted by atomic mass is 10.2. The number of urea groups is 1. The second-order valence-corrected chi connectivity index (χ2v) is 8.67. The van der Waals surface area contributed by atoms with Gasteiger partial charge in [-0.05, 0) is 44.4 Å². The maximum atomic E-state index is 11.8. The summed E-state index contributed by atoms with van der Waals surface area (Å²) in [5.41, 5.74) is 1.83.